The van der Waals surface area contributed by atoms with E-state index in [1.807, 2.05) is 21.9 Å². The largest absolute Gasteiger partial charge is 0.337 e. The van der Waals surface area contributed by atoms with E-state index in [0.717, 1.165) is 32.4 Å². The number of hydrogen-bond donors (Lipinski definition) is 0. The molecule has 1 aromatic carbocycles. The molecule has 0 unspecified atom stereocenters. The van der Waals surface area contributed by atoms with E-state index in [0.29, 0.717) is 24.5 Å². The van der Waals surface area contributed by atoms with Crippen molar-refractivity contribution in [2.45, 2.75) is 38.6 Å². The van der Waals surface area contributed by atoms with Gasteiger partial charge in [0.15, 0.2) is 0 Å². The maximum atomic E-state index is 13.0. The third-order valence-electron chi connectivity index (χ3n) is 5.50. The molecule has 3 heterocycles. The maximum Gasteiger partial charge on any atom is 0.272 e. The van der Waals surface area contributed by atoms with Crippen molar-refractivity contribution in [2.24, 2.45) is 0 Å². The van der Waals surface area contributed by atoms with Crippen LogP contribution in [0, 0.1) is 0 Å². The topological polar surface area (TPSA) is 53.5 Å². The Morgan fingerprint density at radius 1 is 0.704 bits per heavy atom. The molecule has 4 rings (SSSR count). The first-order valence-electron chi connectivity index (χ1n) is 9.85. The van der Waals surface area contributed by atoms with Gasteiger partial charge in [0.05, 0.1) is 0 Å². The minimum Gasteiger partial charge on any atom is -0.337 e. The molecular weight excluding hydrogens is 338 g/mol. The molecule has 0 saturated carbocycles. The zero-order chi connectivity index (χ0) is 18.6. The van der Waals surface area contributed by atoms with Gasteiger partial charge in [0.25, 0.3) is 11.8 Å². The fraction of sp³-hybridized carbons (Fsp3) is 0.409. The molecule has 0 aliphatic carbocycles. The number of rotatable bonds is 2. The van der Waals surface area contributed by atoms with E-state index in [1.54, 1.807) is 18.2 Å². The number of nitrogens with zero attached hydrogens (tertiary/aromatic N) is 3. The van der Waals surface area contributed by atoms with Crippen LogP contribution in [-0.2, 0) is 13.0 Å². The molecule has 2 aliphatic heterocycles. The van der Waals surface area contributed by atoms with Crippen molar-refractivity contribution >= 4 is 11.8 Å². The number of pyridine rings is 1. The molecule has 0 spiro atoms. The van der Waals surface area contributed by atoms with Crippen molar-refractivity contribution in [3.63, 3.8) is 0 Å². The highest BCUT2D eigenvalue weighted by atomic mass is 16.2. The summed E-state index contributed by atoms with van der Waals surface area (Å²) < 4.78 is 0. The molecule has 2 amide bonds. The number of carbonyl (C=O) groups is 2. The van der Waals surface area contributed by atoms with Crippen molar-refractivity contribution in [1.82, 2.24) is 14.8 Å². The minimum atomic E-state index is -0.102. The van der Waals surface area contributed by atoms with E-state index >= 15 is 0 Å². The molecule has 1 aromatic heterocycles. The second kappa shape index (κ2) is 7.91. The predicted molar refractivity (Wildman–Crippen MR) is 103 cm³/mol. The number of hydrogen-bond acceptors (Lipinski definition) is 3. The van der Waals surface area contributed by atoms with Gasteiger partial charge in [-0.1, -0.05) is 43.2 Å². The van der Waals surface area contributed by atoms with Gasteiger partial charge >= 0.3 is 0 Å². The van der Waals surface area contributed by atoms with Gasteiger partial charge < -0.3 is 9.80 Å². The van der Waals surface area contributed by atoms with Crippen LogP contribution >= 0.6 is 0 Å². The molecule has 0 N–H and O–H groups in total. The Hall–Kier alpha value is -2.69. The number of carbonyl (C=O) groups excluding carboxylic acids is 2. The fourth-order valence-electron chi connectivity index (χ4n) is 3.94. The van der Waals surface area contributed by atoms with E-state index < -0.39 is 0 Å². The molecule has 0 atom stereocenters. The summed E-state index contributed by atoms with van der Waals surface area (Å²) in [5.41, 5.74) is 3.23. The summed E-state index contributed by atoms with van der Waals surface area (Å²) in [4.78, 5) is 33.9. The van der Waals surface area contributed by atoms with Crippen LogP contribution in [0.2, 0.25) is 0 Å². The Balaban J connectivity index is 1.50. The van der Waals surface area contributed by atoms with E-state index in [2.05, 4.69) is 17.1 Å². The van der Waals surface area contributed by atoms with Gasteiger partial charge in [-0.05, 0) is 42.5 Å². The van der Waals surface area contributed by atoms with Crippen LogP contribution in [-0.4, -0.2) is 46.2 Å². The highest BCUT2D eigenvalue weighted by Gasteiger charge is 2.24. The molecule has 27 heavy (non-hydrogen) atoms. The first-order chi connectivity index (χ1) is 13.2. The molecular formula is C22H25N3O2. The zero-order valence-corrected chi connectivity index (χ0v) is 15.6. The van der Waals surface area contributed by atoms with Crippen LogP contribution < -0.4 is 0 Å². The Morgan fingerprint density at radius 3 is 2.04 bits per heavy atom. The van der Waals surface area contributed by atoms with Gasteiger partial charge in [0.2, 0.25) is 0 Å². The summed E-state index contributed by atoms with van der Waals surface area (Å²) in [6.45, 7) is 2.84. The highest BCUT2D eigenvalue weighted by Crippen LogP contribution is 2.20. The normalized spacial score (nSPS) is 17.2. The third-order valence-corrected chi connectivity index (χ3v) is 5.50. The number of aromatic nitrogens is 1. The van der Waals surface area contributed by atoms with E-state index in [4.69, 9.17) is 0 Å². The van der Waals surface area contributed by atoms with E-state index in [9.17, 15) is 9.59 Å². The van der Waals surface area contributed by atoms with Crippen LogP contribution in [0.1, 0.15) is 57.8 Å². The molecule has 0 bridgehead atoms. The lowest BCUT2D eigenvalue weighted by Gasteiger charge is -2.28. The number of amides is 2. The molecule has 2 aromatic rings. The third kappa shape index (κ3) is 3.87. The summed E-state index contributed by atoms with van der Waals surface area (Å²) in [5, 5.41) is 0. The van der Waals surface area contributed by atoms with Gasteiger partial charge in [0.1, 0.15) is 11.4 Å². The van der Waals surface area contributed by atoms with Crippen molar-refractivity contribution in [1.29, 1.82) is 0 Å². The molecule has 5 heteroatoms. The maximum absolute atomic E-state index is 13.0. The second-order valence-corrected chi connectivity index (χ2v) is 7.36. The van der Waals surface area contributed by atoms with Gasteiger partial charge in [-0.15, -0.1) is 0 Å². The Morgan fingerprint density at radius 2 is 1.33 bits per heavy atom. The lowest BCUT2D eigenvalue weighted by Crippen LogP contribution is -2.37. The molecule has 1 saturated heterocycles. The first kappa shape index (κ1) is 17.7. The summed E-state index contributed by atoms with van der Waals surface area (Å²) in [6, 6.07) is 13.4. The van der Waals surface area contributed by atoms with Crippen molar-refractivity contribution in [3.05, 3.63) is 65.0 Å². The molecule has 5 nitrogen and oxygen atoms in total. The Labute approximate surface area is 160 Å². The monoisotopic (exact) mass is 363 g/mol. The molecule has 2 aliphatic rings. The molecule has 140 valence electrons. The zero-order valence-electron chi connectivity index (χ0n) is 15.6. The number of likely N-dealkylation sites (tertiary alicyclic amines) is 1. The van der Waals surface area contributed by atoms with Crippen LogP contribution in [0.25, 0.3) is 0 Å². The second-order valence-electron chi connectivity index (χ2n) is 7.36. The quantitative estimate of drug-likeness (QED) is 0.823. The predicted octanol–water partition coefficient (Wildman–Crippen LogP) is 3.30. The SMILES string of the molecule is O=C(c1cccc(C(=O)N2CCc3ccccc3C2)n1)N1CCCCCC1. The minimum absolute atomic E-state index is 0.0597. The summed E-state index contributed by atoms with van der Waals surface area (Å²) in [5.74, 6) is -0.162. The summed E-state index contributed by atoms with van der Waals surface area (Å²) in [6.07, 6.45) is 5.28. The average molecular weight is 363 g/mol. The van der Waals surface area contributed by atoms with Crippen molar-refractivity contribution < 1.29 is 9.59 Å². The lowest BCUT2D eigenvalue weighted by molar-refractivity contribution is 0.0726. The van der Waals surface area contributed by atoms with Gasteiger partial charge in [0, 0.05) is 26.2 Å². The smallest absolute Gasteiger partial charge is 0.272 e. The van der Waals surface area contributed by atoms with Gasteiger partial charge in [-0.25, -0.2) is 4.98 Å². The van der Waals surface area contributed by atoms with E-state index in [-0.39, 0.29) is 11.8 Å². The van der Waals surface area contributed by atoms with Gasteiger partial charge in [-0.2, -0.15) is 0 Å². The van der Waals surface area contributed by atoms with Crippen LogP contribution in [0.15, 0.2) is 42.5 Å². The summed E-state index contributed by atoms with van der Waals surface area (Å²) in [7, 11) is 0. The highest BCUT2D eigenvalue weighted by molar-refractivity contribution is 5.96. The fourth-order valence-corrected chi connectivity index (χ4v) is 3.94. The standard InChI is InChI=1S/C22H25N3O2/c26-21(24-13-5-1-2-6-14-24)19-10-7-11-20(23-19)22(27)25-15-12-17-8-3-4-9-18(17)16-25/h3-4,7-11H,1-2,5-6,12-16H2. The lowest BCUT2D eigenvalue weighted by atomic mass is 10.00. The van der Waals surface area contributed by atoms with Gasteiger partial charge in [-0.3, -0.25) is 9.59 Å². The number of benzene rings is 1. The van der Waals surface area contributed by atoms with Crippen LogP contribution in [0.5, 0.6) is 0 Å². The number of fused-ring (bicyclic) bond motifs is 1. The summed E-state index contributed by atoms with van der Waals surface area (Å²) >= 11 is 0. The van der Waals surface area contributed by atoms with Crippen molar-refractivity contribution in [2.75, 3.05) is 19.6 Å². The van der Waals surface area contributed by atoms with E-state index in [1.165, 1.54) is 24.0 Å². The molecule has 1 fully saturated rings. The Bertz CT molecular complexity index is 841. The van der Waals surface area contributed by atoms with Crippen LogP contribution in [0.3, 0.4) is 0 Å². The first-order valence-corrected chi connectivity index (χ1v) is 9.85. The molecule has 0 radical (unpaired) electrons. The average Bonchev–Trinajstić information content (AvgIpc) is 3.02. The van der Waals surface area contributed by atoms with Crippen LogP contribution in [0.4, 0.5) is 0 Å². The van der Waals surface area contributed by atoms with Crippen molar-refractivity contribution in [3.8, 4) is 0 Å². The Kier molecular flexibility index (Phi) is 5.19.